The molecule has 0 heterocycles. The zero-order chi connectivity index (χ0) is 26.4. The van der Waals surface area contributed by atoms with Crippen molar-refractivity contribution in [1.29, 1.82) is 0 Å². The van der Waals surface area contributed by atoms with Gasteiger partial charge in [-0.05, 0) is 43.9 Å². The Balaban J connectivity index is -0.000000439. The molecule has 1 heteroatoms. The minimum Gasteiger partial charge on any atom is -0.484 e. The zero-order valence-corrected chi connectivity index (χ0v) is 24.4. The molecule has 188 valence electrons. The predicted octanol–water partition coefficient (Wildman–Crippen LogP) is 11.0. The lowest BCUT2D eigenvalue weighted by Gasteiger charge is -2.29. The minimum atomic E-state index is -0.482. The van der Waals surface area contributed by atoms with Crippen molar-refractivity contribution >= 4 is 0 Å². The van der Waals surface area contributed by atoms with Crippen LogP contribution in [0.15, 0.2) is 73.1 Å². The van der Waals surface area contributed by atoms with Crippen LogP contribution in [-0.2, 0) is 4.74 Å². The number of rotatable bonds is 6. The van der Waals surface area contributed by atoms with Crippen molar-refractivity contribution in [2.24, 2.45) is 10.8 Å². The maximum Gasteiger partial charge on any atom is 0.142 e. The second-order valence-corrected chi connectivity index (χ2v) is 8.29. The normalized spacial score (nSPS) is 21.1. The van der Waals surface area contributed by atoms with Crippen molar-refractivity contribution in [1.82, 2.24) is 0 Å². The monoisotopic (exact) mass is 446 g/mol. The van der Waals surface area contributed by atoms with Crippen molar-refractivity contribution in [2.45, 2.75) is 115 Å². The summed E-state index contributed by atoms with van der Waals surface area (Å²) in [6.07, 6.45) is 18.5. The Morgan fingerprint density at radius 3 is 1.88 bits per heavy atom. The van der Waals surface area contributed by atoms with E-state index in [9.17, 15) is 0 Å². The highest BCUT2D eigenvalue weighted by atomic mass is 16.5. The lowest BCUT2D eigenvalue weighted by Crippen LogP contribution is -2.24. The molecule has 0 saturated carbocycles. The molecule has 0 radical (unpaired) electrons. The standard InChI is InChI=1S/C23H34O.4C2H6/c1-9-12-20(18-21(4,5)10-2)24-23(8)14-11-13-19(3)17-22(6,7)15-16-23;4*1-2/h9-11,13-16,18H,1-2,12,17H2,3-8H3;4*1-2H3/b14-11-,16-15-,19-13?,20-18?;;;;. The van der Waals surface area contributed by atoms with E-state index in [0.717, 1.165) is 12.2 Å². The van der Waals surface area contributed by atoms with Gasteiger partial charge in [0.05, 0.1) is 5.76 Å². The quantitative estimate of drug-likeness (QED) is 0.291. The molecule has 1 atom stereocenters. The van der Waals surface area contributed by atoms with Gasteiger partial charge in [-0.25, -0.2) is 0 Å². The fourth-order valence-corrected chi connectivity index (χ4v) is 2.78. The predicted molar refractivity (Wildman–Crippen MR) is 152 cm³/mol. The van der Waals surface area contributed by atoms with Crippen molar-refractivity contribution < 1.29 is 4.74 Å². The summed E-state index contributed by atoms with van der Waals surface area (Å²) in [5.41, 5.74) is 0.890. The van der Waals surface area contributed by atoms with E-state index >= 15 is 0 Å². The van der Waals surface area contributed by atoms with E-state index < -0.39 is 5.60 Å². The highest BCUT2D eigenvalue weighted by Gasteiger charge is 2.25. The summed E-state index contributed by atoms with van der Waals surface area (Å²) in [5.74, 6) is 0.921. The van der Waals surface area contributed by atoms with Crippen LogP contribution >= 0.6 is 0 Å². The molecular weight excluding hydrogens is 388 g/mol. The third kappa shape index (κ3) is 19.0. The summed E-state index contributed by atoms with van der Waals surface area (Å²) >= 11 is 0. The molecule has 1 aliphatic rings. The Bertz CT molecular complexity index is 582. The molecule has 1 nitrogen and oxygen atoms in total. The van der Waals surface area contributed by atoms with Gasteiger partial charge in [-0.3, -0.25) is 0 Å². The van der Waals surface area contributed by atoms with Gasteiger partial charge < -0.3 is 4.74 Å². The lowest BCUT2D eigenvalue weighted by molar-refractivity contribution is 0.0975. The average Bonchev–Trinajstić information content (AvgIpc) is 2.82. The second-order valence-electron chi connectivity index (χ2n) is 8.29. The molecule has 0 bridgehead atoms. The van der Waals surface area contributed by atoms with Crippen LogP contribution < -0.4 is 0 Å². The molecule has 0 aliphatic heterocycles. The van der Waals surface area contributed by atoms with E-state index in [0.29, 0.717) is 6.42 Å². The third-order valence-corrected chi connectivity index (χ3v) is 4.16. The largest absolute Gasteiger partial charge is 0.484 e. The number of hydrogen-bond acceptors (Lipinski definition) is 1. The van der Waals surface area contributed by atoms with Crippen molar-refractivity contribution in [2.75, 3.05) is 0 Å². The van der Waals surface area contributed by atoms with Crippen LogP contribution in [0.25, 0.3) is 0 Å². The molecule has 0 aromatic heterocycles. The molecule has 0 amide bonds. The van der Waals surface area contributed by atoms with Crippen LogP contribution in [-0.4, -0.2) is 5.60 Å². The first kappa shape index (κ1) is 37.5. The van der Waals surface area contributed by atoms with E-state index in [1.165, 1.54) is 5.57 Å². The van der Waals surface area contributed by atoms with E-state index in [-0.39, 0.29) is 10.8 Å². The molecule has 0 saturated heterocycles. The first-order chi connectivity index (χ1) is 15.0. The SMILES string of the molecule is C=CCC(=CC(C)(C)C=C)OC1(C)/C=C\C=C(C)CC(C)(C)/C=C\1.CC.CC.CC.CC. The maximum atomic E-state index is 6.42. The summed E-state index contributed by atoms with van der Waals surface area (Å²) in [6, 6.07) is 0. The molecule has 1 unspecified atom stereocenters. The first-order valence-electron chi connectivity index (χ1n) is 12.7. The Labute approximate surface area is 204 Å². The average molecular weight is 447 g/mol. The Kier molecular flexibility index (Phi) is 24.8. The van der Waals surface area contributed by atoms with Gasteiger partial charge in [-0.1, -0.05) is 119 Å². The van der Waals surface area contributed by atoms with E-state index in [1.54, 1.807) is 0 Å². The van der Waals surface area contributed by atoms with Crippen molar-refractivity contribution in [3.05, 3.63) is 73.1 Å². The van der Waals surface area contributed by atoms with Gasteiger partial charge in [-0.2, -0.15) is 0 Å². The highest BCUT2D eigenvalue weighted by molar-refractivity contribution is 5.25. The van der Waals surface area contributed by atoms with Crippen molar-refractivity contribution in [3.63, 3.8) is 0 Å². The summed E-state index contributed by atoms with van der Waals surface area (Å²) < 4.78 is 6.42. The molecule has 1 aliphatic carbocycles. The number of allylic oxidation sites excluding steroid dienone is 7. The molecule has 0 spiro atoms. The van der Waals surface area contributed by atoms with Crippen LogP contribution in [0.2, 0.25) is 0 Å². The van der Waals surface area contributed by atoms with Gasteiger partial charge in [-0.15, -0.1) is 13.2 Å². The van der Waals surface area contributed by atoms with E-state index in [4.69, 9.17) is 4.74 Å². The lowest BCUT2D eigenvalue weighted by atomic mass is 9.85. The van der Waals surface area contributed by atoms with Crippen LogP contribution in [0.5, 0.6) is 0 Å². The summed E-state index contributed by atoms with van der Waals surface area (Å²) in [5, 5.41) is 0. The third-order valence-electron chi connectivity index (χ3n) is 4.16. The second kappa shape index (κ2) is 21.1. The molecule has 0 aromatic carbocycles. The smallest absolute Gasteiger partial charge is 0.142 e. The molecule has 32 heavy (non-hydrogen) atoms. The summed E-state index contributed by atoms with van der Waals surface area (Å²) in [4.78, 5) is 0. The summed E-state index contributed by atoms with van der Waals surface area (Å²) in [7, 11) is 0. The fraction of sp³-hybridized carbons (Fsp3) is 0.613. The van der Waals surface area contributed by atoms with Gasteiger partial charge >= 0.3 is 0 Å². The van der Waals surface area contributed by atoms with Crippen LogP contribution in [0.4, 0.5) is 0 Å². The Hall–Kier alpha value is -1.76. The number of ether oxygens (including phenoxy) is 1. The molecule has 1 rings (SSSR count). The highest BCUT2D eigenvalue weighted by Crippen LogP contribution is 2.32. The Morgan fingerprint density at radius 1 is 0.938 bits per heavy atom. The minimum absolute atomic E-state index is 0.111. The van der Waals surface area contributed by atoms with Gasteiger partial charge in [0.1, 0.15) is 5.60 Å². The van der Waals surface area contributed by atoms with E-state index in [1.807, 2.05) is 67.5 Å². The topological polar surface area (TPSA) is 9.23 Å². The van der Waals surface area contributed by atoms with Gasteiger partial charge in [0.2, 0.25) is 0 Å². The fourth-order valence-electron chi connectivity index (χ4n) is 2.78. The first-order valence-corrected chi connectivity index (χ1v) is 12.7. The van der Waals surface area contributed by atoms with Crippen molar-refractivity contribution in [3.8, 4) is 0 Å². The van der Waals surface area contributed by atoms with E-state index in [2.05, 4.69) is 91.2 Å². The van der Waals surface area contributed by atoms with Gasteiger partial charge in [0.15, 0.2) is 0 Å². The number of hydrogen-bond donors (Lipinski definition) is 0. The molecular formula is C31H58O. The molecule has 0 N–H and O–H groups in total. The maximum absolute atomic E-state index is 6.42. The summed E-state index contributed by atoms with van der Waals surface area (Å²) in [6.45, 7) is 36.8. The van der Waals surface area contributed by atoms with Gasteiger partial charge in [0, 0.05) is 11.8 Å². The van der Waals surface area contributed by atoms with Crippen LogP contribution in [0.1, 0.15) is 110 Å². The van der Waals surface area contributed by atoms with Gasteiger partial charge in [0.25, 0.3) is 0 Å². The molecule has 0 fully saturated rings. The molecule has 0 aromatic rings. The van der Waals surface area contributed by atoms with Crippen LogP contribution in [0.3, 0.4) is 0 Å². The Morgan fingerprint density at radius 2 is 1.44 bits per heavy atom. The van der Waals surface area contributed by atoms with Crippen LogP contribution in [0, 0.1) is 10.8 Å². The zero-order valence-electron chi connectivity index (χ0n) is 24.4.